The molecule has 2 rings (SSSR count). The van der Waals surface area contributed by atoms with E-state index in [-0.39, 0.29) is 0 Å². The number of aliphatic imine (C=N–C) groups is 1. The van der Waals surface area contributed by atoms with Gasteiger partial charge in [0.15, 0.2) is 17.5 Å². The third-order valence-corrected chi connectivity index (χ3v) is 4.55. The molecule has 7 nitrogen and oxygen atoms in total. The van der Waals surface area contributed by atoms with Crippen LogP contribution in [0.5, 0.6) is 11.5 Å². The molecule has 0 radical (unpaired) electrons. The second-order valence-electron chi connectivity index (χ2n) is 7.53. The molecule has 1 aromatic carbocycles. The van der Waals surface area contributed by atoms with Crippen molar-refractivity contribution in [3.8, 4) is 11.5 Å². The Morgan fingerprint density at radius 1 is 1.20 bits per heavy atom. The third-order valence-electron chi connectivity index (χ3n) is 4.55. The maximum atomic E-state index is 5.67. The topological polar surface area (TPSA) is 72.7 Å². The van der Waals surface area contributed by atoms with E-state index >= 15 is 0 Å². The number of methoxy groups -OCH3 is 1. The number of guanidine groups is 1. The van der Waals surface area contributed by atoms with E-state index in [1.165, 1.54) is 5.56 Å². The zero-order valence-corrected chi connectivity index (χ0v) is 19.1. The molecule has 1 aromatic heterocycles. The highest BCUT2D eigenvalue weighted by atomic mass is 16.5. The Balaban J connectivity index is 1.87. The van der Waals surface area contributed by atoms with Gasteiger partial charge in [0.1, 0.15) is 12.4 Å². The van der Waals surface area contributed by atoms with E-state index in [2.05, 4.69) is 53.1 Å². The lowest BCUT2D eigenvalue weighted by Gasteiger charge is -2.13. The van der Waals surface area contributed by atoms with Crippen LogP contribution in [0.1, 0.15) is 45.5 Å². The summed E-state index contributed by atoms with van der Waals surface area (Å²) < 4.78 is 13.2. The van der Waals surface area contributed by atoms with E-state index in [1.54, 1.807) is 7.11 Å². The summed E-state index contributed by atoms with van der Waals surface area (Å²) in [6.45, 7) is 12.3. The first-order valence-corrected chi connectivity index (χ1v) is 10.9. The van der Waals surface area contributed by atoms with Crippen molar-refractivity contribution in [3.63, 3.8) is 0 Å². The highest BCUT2D eigenvalue weighted by Crippen LogP contribution is 2.28. The Hall–Kier alpha value is -2.70. The number of ether oxygens (including phenoxy) is 2. The van der Waals surface area contributed by atoms with Crippen molar-refractivity contribution in [1.82, 2.24) is 20.2 Å². The average Bonchev–Trinajstić information content (AvgIpc) is 3.16. The molecule has 0 atom stereocenters. The van der Waals surface area contributed by atoms with Crippen LogP contribution in [0.15, 0.2) is 35.6 Å². The summed E-state index contributed by atoms with van der Waals surface area (Å²) in [7, 11) is 1.66. The Kier molecular flexibility index (Phi) is 10.0. The molecule has 0 saturated heterocycles. The van der Waals surface area contributed by atoms with Gasteiger partial charge in [-0.2, -0.15) is 0 Å². The minimum absolute atomic E-state index is 0.561. The SMILES string of the molecule is CCNC(=NCc1nccn1CC(C)C)NCCCc1ccc(OC)c(OCC)c1. The summed E-state index contributed by atoms with van der Waals surface area (Å²) in [5.74, 6) is 3.96. The highest BCUT2D eigenvalue weighted by molar-refractivity contribution is 5.79. The fraction of sp³-hybridized carbons (Fsp3) is 0.565. The lowest BCUT2D eigenvalue weighted by Crippen LogP contribution is -2.38. The quantitative estimate of drug-likeness (QED) is 0.315. The fourth-order valence-corrected chi connectivity index (χ4v) is 3.19. The minimum Gasteiger partial charge on any atom is -0.493 e. The Morgan fingerprint density at radius 3 is 2.73 bits per heavy atom. The Bertz CT molecular complexity index is 786. The van der Waals surface area contributed by atoms with Crippen molar-refractivity contribution < 1.29 is 9.47 Å². The predicted molar refractivity (Wildman–Crippen MR) is 122 cm³/mol. The number of nitrogens with one attached hydrogen (secondary N) is 2. The normalized spacial score (nSPS) is 11.6. The first-order valence-electron chi connectivity index (χ1n) is 10.9. The van der Waals surface area contributed by atoms with Crippen molar-refractivity contribution in [3.05, 3.63) is 42.0 Å². The van der Waals surface area contributed by atoms with Gasteiger partial charge >= 0.3 is 0 Å². The summed E-state index contributed by atoms with van der Waals surface area (Å²) in [6, 6.07) is 6.13. The summed E-state index contributed by atoms with van der Waals surface area (Å²) in [5.41, 5.74) is 1.23. The van der Waals surface area contributed by atoms with Crippen molar-refractivity contribution in [2.75, 3.05) is 26.8 Å². The van der Waals surface area contributed by atoms with Gasteiger partial charge in [-0.05, 0) is 50.3 Å². The third kappa shape index (κ3) is 7.61. The molecule has 1 heterocycles. The Morgan fingerprint density at radius 2 is 2.03 bits per heavy atom. The fourth-order valence-electron chi connectivity index (χ4n) is 3.19. The molecule has 7 heteroatoms. The van der Waals surface area contributed by atoms with Crippen molar-refractivity contribution in [1.29, 1.82) is 0 Å². The van der Waals surface area contributed by atoms with Gasteiger partial charge in [-0.15, -0.1) is 0 Å². The molecule has 166 valence electrons. The lowest BCUT2D eigenvalue weighted by atomic mass is 10.1. The number of imidazole rings is 1. The molecular formula is C23H37N5O2. The van der Waals surface area contributed by atoms with Gasteiger partial charge in [0, 0.05) is 32.0 Å². The molecule has 0 amide bonds. The highest BCUT2D eigenvalue weighted by Gasteiger charge is 2.07. The van der Waals surface area contributed by atoms with Gasteiger partial charge in [-0.3, -0.25) is 0 Å². The molecule has 0 bridgehead atoms. The van der Waals surface area contributed by atoms with Crippen molar-refractivity contribution >= 4 is 5.96 Å². The number of benzene rings is 1. The number of rotatable bonds is 12. The van der Waals surface area contributed by atoms with Gasteiger partial charge < -0.3 is 24.7 Å². The molecule has 2 aromatic rings. The van der Waals surface area contributed by atoms with Crippen LogP contribution in [0.2, 0.25) is 0 Å². The van der Waals surface area contributed by atoms with Crippen LogP contribution in [0.25, 0.3) is 0 Å². The van der Waals surface area contributed by atoms with E-state index in [9.17, 15) is 0 Å². The lowest BCUT2D eigenvalue weighted by molar-refractivity contribution is 0.310. The van der Waals surface area contributed by atoms with E-state index in [4.69, 9.17) is 14.5 Å². The molecule has 2 N–H and O–H groups in total. The van der Waals surface area contributed by atoms with E-state index < -0.39 is 0 Å². The van der Waals surface area contributed by atoms with Gasteiger partial charge in [0.25, 0.3) is 0 Å². The molecular weight excluding hydrogens is 378 g/mol. The molecule has 0 saturated carbocycles. The molecule has 0 spiro atoms. The number of nitrogens with zero attached hydrogens (tertiary/aromatic N) is 3. The largest absolute Gasteiger partial charge is 0.493 e. The number of hydrogen-bond donors (Lipinski definition) is 2. The smallest absolute Gasteiger partial charge is 0.191 e. The van der Waals surface area contributed by atoms with Crippen LogP contribution in [0.4, 0.5) is 0 Å². The zero-order valence-electron chi connectivity index (χ0n) is 19.1. The first kappa shape index (κ1) is 23.6. The van der Waals surface area contributed by atoms with Gasteiger partial charge in [-0.25, -0.2) is 9.98 Å². The number of hydrogen-bond acceptors (Lipinski definition) is 4. The second-order valence-corrected chi connectivity index (χ2v) is 7.53. The predicted octanol–water partition coefficient (Wildman–Crippen LogP) is 3.63. The monoisotopic (exact) mass is 415 g/mol. The van der Waals surface area contributed by atoms with Crippen LogP contribution in [-0.4, -0.2) is 42.3 Å². The van der Waals surface area contributed by atoms with E-state index in [1.807, 2.05) is 25.4 Å². The Labute approximate surface area is 180 Å². The molecule has 0 aliphatic heterocycles. The molecule has 0 aliphatic carbocycles. The average molecular weight is 416 g/mol. The van der Waals surface area contributed by atoms with E-state index in [0.29, 0.717) is 19.1 Å². The standard InChI is InChI=1S/C23H37N5O2/c1-6-24-23(27-16-22-25-13-14-28(22)17-18(3)4)26-12-8-9-19-10-11-20(29-5)21(15-19)30-7-2/h10-11,13-15,18H,6-9,12,16-17H2,1-5H3,(H2,24,26,27). The maximum absolute atomic E-state index is 5.67. The molecule has 0 unspecified atom stereocenters. The second kappa shape index (κ2) is 12.8. The van der Waals surface area contributed by atoms with Gasteiger partial charge in [-0.1, -0.05) is 19.9 Å². The summed E-state index contributed by atoms with van der Waals surface area (Å²) in [6.07, 6.45) is 5.81. The van der Waals surface area contributed by atoms with Crippen LogP contribution in [0, 0.1) is 5.92 Å². The number of aryl methyl sites for hydroxylation is 1. The van der Waals surface area contributed by atoms with Crippen molar-refractivity contribution in [2.24, 2.45) is 10.9 Å². The van der Waals surface area contributed by atoms with Crippen molar-refractivity contribution in [2.45, 2.75) is 53.6 Å². The molecule has 30 heavy (non-hydrogen) atoms. The summed E-state index contributed by atoms with van der Waals surface area (Å²) >= 11 is 0. The zero-order chi connectivity index (χ0) is 21.8. The summed E-state index contributed by atoms with van der Waals surface area (Å²) in [4.78, 5) is 9.16. The summed E-state index contributed by atoms with van der Waals surface area (Å²) in [5, 5.41) is 6.73. The van der Waals surface area contributed by atoms with Gasteiger partial charge in [0.05, 0.1) is 13.7 Å². The van der Waals surface area contributed by atoms with E-state index in [0.717, 1.165) is 55.8 Å². The van der Waals surface area contributed by atoms with Gasteiger partial charge in [0.2, 0.25) is 0 Å². The van der Waals surface area contributed by atoms with Crippen LogP contribution in [-0.2, 0) is 19.5 Å². The van der Waals surface area contributed by atoms with Crippen LogP contribution in [0.3, 0.4) is 0 Å². The van der Waals surface area contributed by atoms with Crippen LogP contribution < -0.4 is 20.1 Å². The first-order chi connectivity index (χ1) is 14.6. The maximum Gasteiger partial charge on any atom is 0.191 e. The number of aromatic nitrogens is 2. The molecule has 0 fully saturated rings. The molecule has 0 aliphatic rings. The van der Waals surface area contributed by atoms with Crippen LogP contribution >= 0.6 is 0 Å². The minimum atomic E-state index is 0.561.